The SMILES string of the molecule is COc1ccc(OC)c(C(C)C)c1C=O. The van der Waals surface area contributed by atoms with Gasteiger partial charge < -0.3 is 9.47 Å². The van der Waals surface area contributed by atoms with Crippen molar-refractivity contribution < 1.29 is 14.3 Å². The van der Waals surface area contributed by atoms with Gasteiger partial charge in [0.05, 0.1) is 19.8 Å². The van der Waals surface area contributed by atoms with Crippen molar-refractivity contribution in [3.63, 3.8) is 0 Å². The fraction of sp³-hybridized carbons (Fsp3) is 0.417. The van der Waals surface area contributed by atoms with Gasteiger partial charge in [-0.2, -0.15) is 0 Å². The number of hydrogen-bond acceptors (Lipinski definition) is 3. The normalized spacial score (nSPS) is 10.2. The minimum Gasteiger partial charge on any atom is -0.496 e. The Morgan fingerprint density at radius 2 is 1.67 bits per heavy atom. The molecule has 0 aliphatic heterocycles. The second-order valence-electron chi connectivity index (χ2n) is 3.57. The first-order valence-corrected chi connectivity index (χ1v) is 4.85. The molecule has 15 heavy (non-hydrogen) atoms. The van der Waals surface area contributed by atoms with E-state index < -0.39 is 0 Å². The zero-order valence-corrected chi connectivity index (χ0v) is 9.53. The van der Waals surface area contributed by atoms with E-state index in [9.17, 15) is 4.79 Å². The maximum absolute atomic E-state index is 11.0. The third-order valence-corrected chi connectivity index (χ3v) is 2.34. The molecule has 0 aliphatic rings. The Morgan fingerprint density at radius 3 is 2.07 bits per heavy atom. The van der Waals surface area contributed by atoms with Crippen molar-refractivity contribution in [2.75, 3.05) is 14.2 Å². The lowest BCUT2D eigenvalue weighted by atomic mass is 9.96. The Labute approximate surface area is 90.0 Å². The first-order chi connectivity index (χ1) is 7.15. The number of aldehydes is 1. The second kappa shape index (κ2) is 4.82. The summed E-state index contributed by atoms with van der Waals surface area (Å²) in [5.41, 5.74) is 1.47. The minimum atomic E-state index is 0.218. The monoisotopic (exact) mass is 208 g/mol. The largest absolute Gasteiger partial charge is 0.496 e. The highest BCUT2D eigenvalue weighted by atomic mass is 16.5. The van der Waals surface area contributed by atoms with Gasteiger partial charge in [-0.3, -0.25) is 4.79 Å². The van der Waals surface area contributed by atoms with Gasteiger partial charge in [0.25, 0.3) is 0 Å². The molecule has 0 N–H and O–H groups in total. The van der Waals surface area contributed by atoms with Crippen molar-refractivity contribution in [1.82, 2.24) is 0 Å². The van der Waals surface area contributed by atoms with Crippen molar-refractivity contribution in [3.8, 4) is 11.5 Å². The van der Waals surface area contributed by atoms with Crippen LogP contribution in [0, 0.1) is 0 Å². The predicted molar refractivity (Wildman–Crippen MR) is 59.0 cm³/mol. The number of ether oxygens (including phenoxy) is 2. The molecule has 0 atom stereocenters. The van der Waals surface area contributed by atoms with Gasteiger partial charge in [-0.25, -0.2) is 0 Å². The molecule has 3 heteroatoms. The maximum atomic E-state index is 11.0. The van der Waals surface area contributed by atoms with Gasteiger partial charge in [0.2, 0.25) is 0 Å². The van der Waals surface area contributed by atoms with E-state index in [0.717, 1.165) is 17.6 Å². The third kappa shape index (κ3) is 2.12. The smallest absolute Gasteiger partial charge is 0.154 e. The molecule has 0 saturated heterocycles. The summed E-state index contributed by atoms with van der Waals surface area (Å²) in [5.74, 6) is 1.54. The van der Waals surface area contributed by atoms with Gasteiger partial charge in [0.15, 0.2) is 6.29 Å². The molecular formula is C12H16O3. The van der Waals surface area contributed by atoms with Crippen molar-refractivity contribution in [3.05, 3.63) is 23.3 Å². The van der Waals surface area contributed by atoms with E-state index in [-0.39, 0.29) is 5.92 Å². The molecule has 0 aliphatic carbocycles. The van der Waals surface area contributed by atoms with Crippen molar-refractivity contribution in [1.29, 1.82) is 0 Å². The van der Waals surface area contributed by atoms with Crippen LogP contribution in [0.2, 0.25) is 0 Å². The Bertz CT molecular complexity index is 356. The van der Waals surface area contributed by atoms with Gasteiger partial charge in [0, 0.05) is 5.56 Å². The van der Waals surface area contributed by atoms with E-state index in [4.69, 9.17) is 9.47 Å². The summed E-state index contributed by atoms with van der Waals surface area (Å²) >= 11 is 0. The van der Waals surface area contributed by atoms with Crippen LogP contribution in [0.1, 0.15) is 35.7 Å². The van der Waals surface area contributed by atoms with Crippen LogP contribution in [0.3, 0.4) is 0 Å². The molecule has 0 heterocycles. The second-order valence-corrected chi connectivity index (χ2v) is 3.57. The van der Waals surface area contributed by atoms with Crippen LogP contribution in [-0.4, -0.2) is 20.5 Å². The number of benzene rings is 1. The maximum Gasteiger partial charge on any atom is 0.154 e. The highest BCUT2D eigenvalue weighted by Gasteiger charge is 2.16. The number of rotatable bonds is 4. The molecule has 0 bridgehead atoms. The first kappa shape index (κ1) is 11.6. The third-order valence-electron chi connectivity index (χ3n) is 2.34. The standard InChI is InChI=1S/C12H16O3/c1-8(2)12-9(7-13)10(14-3)5-6-11(12)15-4/h5-8H,1-4H3. The topological polar surface area (TPSA) is 35.5 Å². The molecule has 0 spiro atoms. The van der Waals surface area contributed by atoms with Crippen LogP contribution in [0.15, 0.2) is 12.1 Å². The predicted octanol–water partition coefficient (Wildman–Crippen LogP) is 2.64. The summed E-state index contributed by atoms with van der Waals surface area (Å²) in [7, 11) is 3.15. The molecule has 3 nitrogen and oxygen atoms in total. The number of carbonyl (C=O) groups excluding carboxylic acids is 1. The van der Waals surface area contributed by atoms with E-state index >= 15 is 0 Å². The van der Waals surface area contributed by atoms with Crippen LogP contribution in [0.5, 0.6) is 11.5 Å². The first-order valence-electron chi connectivity index (χ1n) is 4.85. The number of hydrogen-bond donors (Lipinski definition) is 0. The zero-order chi connectivity index (χ0) is 11.4. The van der Waals surface area contributed by atoms with Crippen molar-refractivity contribution in [2.24, 2.45) is 0 Å². The Kier molecular flexibility index (Phi) is 3.72. The molecule has 0 unspecified atom stereocenters. The molecule has 0 aromatic heterocycles. The van der Waals surface area contributed by atoms with Crippen molar-refractivity contribution >= 4 is 6.29 Å². The number of carbonyl (C=O) groups is 1. The van der Waals surface area contributed by atoms with Gasteiger partial charge >= 0.3 is 0 Å². The average Bonchev–Trinajstić information content (AvgIpc) is 2.26. The summed E-state index contributed by atoms with van der Waals surface area (Å²) in [6.45, 7) is 4.04. The van der Waals surface area contributed by atoms with E-state index in [1.807, 2.05) is 19.9 Å². The molecule has 0 amide bonds. The molecule has 1 aromatic carbocycles. The van der Waals surface area contributed by atoms with E-state index in [1.54, 1.807) is 20.3 Å². The van der Waals surface area contributed by atoms with E-state index in [1.165, 1.54) is 0 Å². The van der Waals surface area contributed by atoms with Crippen LogP contribution in [0.25, 0.3) is 0 Å². The Morgan fingerprint density at radius 1 is 1.13 bits per heavy atom. The van der Waals surface area contributed by atoms with Crippen LogP contribution in [-0.2, 0) is 0 Å². The zero-order valence-electron chi connectivity index (χ0n) is 9.53. The molecule has 1 rings (SSSR count). The lowest BCUT2D eigenvalue weighted by Gasteiger charge is -2.16. The van der Waals surface area contributed by atoms with Crippen molar-refractivity contribution in [2.45, 2.75) is 19.8 Å². The molecule has 0 radical (unpaired) electrons. The molecule has 82 valence electrons. The summed E-state index contributed by atoms with van der Waals surface area (Å²) in [6.07, 6.45) is 0.816. The highest BCUT2D eigenvalue weighted by Crippen LogP contribution is 2.34. The molecule has 0 fully saturated rings. The average molecular weight is 208 g/mol. The lowest BCUT2D eigenvalue weighted by Crippen LogP contribution is -2.02. The Balaban J connectivity index is 3.44. The van der Waals surface area contributed by atoms with Crippen LogP contribution in [0.4, 0.5) is 0 Å². The minimum absolute atomic E-state index is 0.218. The molecule has 0 saturated carbocycles. The van der Waals surface area contributed by atoms with E-state index in [2.05, 4.69) is 0 Å². The quantitative estimate of drug-likeness (QED) is 0.713. The number of methoxy groups -OCH3 is 2. The van der Waals surface area contributed by atoms with Crippen LogP contribution < -0.4 is 9.47 Å². The lowest BCUT2D eigenvalue weighted by molar-refractivity contribution is 0.111. The molecular weight excluding hydrogens is 192 g/mol. The van der Waals surface area contributed by atoms with Crippen LogP contribution >= 0.6 is 0 Å². The van der Waals surface area contributed by atoms with Gasteiger partial charge in [-0.05, 0) is 18.1 Å². The highest BCUT2D eigenvalue weighted by molar-refractivity contribution is 5.83. The Hall–Kier alpha value is -1.51. The summed E-state index contributed by atoms with van der Waals surface area (Å²) in [5, 5.41) is 0. The van der Waals surface area contributed by atoms with Gasteiger partial charge in [0.1, 0.15) is 11.5 Å². The van der Waals surface area contributed by atoms with Gasteiger partial charge in [-0.15, -0.1) is 0 Å². The summed E-state index contributed by atoms with van der Waals surface area (Å²) < 4.78 is 10.4. The summed E-state index contributed by atoms with van der Waals surface area (Å²) in [4.78, 5) is 11.0. The fourth-order valence-electron chi connectivity index (χ4n) is 1.67. The summed E-state index contributed by atoms with van der Waals surface area (Å²) in [6, 6.07) is 3.57. The fourth-order valence-corrected chi connectivity index (χ4v) is 1.67. The van der Waals surface area contributed by atoms with E-state index in [0.29, 0.717) is 11.3 Å². The van der Waals surface area contributed by atoms with Gasteiger partial charge in [-0.1, -0.05) is 13.8 Å². The molecule has 1 aromatic rings.